The predicted octanol–water partition coefficient (Wildman–Crippen LogP) is 7.50. The molecular formula is C27H29ClO5S. The van der Waals surface area contributed by atoms with Crippen molar-refractivity contribution in [3.05, 3.63) is 70.3 Å². The van der Waals surface area contributed by atoms with Crippen molar-refractivity contribution in [2.24, 2.45) is 0 Å². The van der Waals surface area contributed by atoms with Gasteiger partial charge in [0.2, 0.25) is 5.12 Å². The van der Waals surface area contributed by atoms with Crippen molar-refractivity contribution >= 4 is 39.3 Å². The molecule has 0 N–H and O–H groups in total. The van der Waals surface area contributed by atoms with Gasteiger partial charge in [0, 0.05) is 21.4 Å². The summed E-state index contributed by atoms with van der Waals surface area (Å²) in [5, 5.41) is 1.68. The highest BCUT2D eigenvalue weighted by atomic mass is 35.5. The second-order valence-corrected chi connectivity index (χ2v) is 9.45. The number of carbonyl (C=O) groups excluding carboxylic acids is 1. The van der Waals surface area contributed by atoms with Crippen molar-refractivity contribution < 1.29 is 23.7 Å². The van der Waals surface area contributed by atoms with Crippen LogP contribution in [-0.4, -0.2) is 33.6 Å². The maximum absolute atomic E-state index is 13.2. The van der Waals surface area contributed by atoms with Gasteiger partial charge >= 0.3 is 0 Å². The second-order valence-electron chi connectivity index (χ2n) is 7.84. The second kappa shape index (κ2) is 11.5. The summed E-state index contributed by atoms with van der Waals surface area (Å²) in [6.07, 6.45) is 2.73. The van der Waals surface area contributed by atoms with Gasteiger partial charge in [0.25, 0.3) is 0 Å². The van der Waals surface area contributed by atoms with E-state index in [1.54, 1.807) is 52.7 Å². The fourth-order valence-corrected chi connectivity index (χ4v) is 5.02. The summed E-state index contributed by atoms with van der Waals surface area (Å²) in [4.78, 5) is 13.2. The average Bonchev–Trinajstić information content (AvgIpc) is 2.84. The summed E-state index contributed by atoms with van der Waals surface area (Å²) >= 11 is 7.36. The number of thioether (sulfide) groups is 1. The van der Waals surface area contributed by atoms with Crippen molar-refractivity contribution in [1.29, 1.82) is 0 Å². The van der Waals surface area contributed by atoms with Gasteiger partial charge in [-0.1, -0.05) is 47.1 Å². The predicted molar refractivity (Wildman–Crippen MR) is 140 cm³/mol. The Labute approximate surface area is 210 Å². The Kier molecular flexibility index (Phi) is 8.75. The number of hydrogen-bond donors (Lipinski definition) is 0. The standard InChI is InChI=1S/C27H29ClO5S/c1-16(2)10-13-23(34-27(29)17-8-7-9-18(28)14-17)19-15-22(32-5)24-20(30-3)11-12-21(31-4)25(24)26(19)33-6/h7-12,14-15,23H,13H2,1-6H3. The van der Waals surface area contributed by atoms with E-state index >= 15 is 0 Å². The summed E-state index contributed by atoms with van der Waals surface area (Å²) in [6.45, 7) is 4.07. The van der Waals surface area contributed by atoms with E-state index in [1.807, 2.05) is 32.0 Å². The molecule has 0 bridgehead atoms. The van der Waals surface area contributed by atoms with Crippen molar-refractivity contribution in [3.63, 3.8) is 0 Å². The Bertz CT molecular complexity index is 1220. The molecule has 0 aliphatic rings. The Morgan fingerprint density at radius 3 is 2.12 bits per heavy atom. The number of carbonyl (C=O) groups is 1. The lowest BCUT2D eigenvalue weighted by Gasteiger charge is -2.23. The van der Waals surface area contributed by atoms with Gasteiger partial charge in [-0.3, -0.25) is 4.79 Å². The Balaban J connectivity index is 2.24. The van der Waals surface area contributed by atoms with Crippen LogP contribution in [0.25, 0.3) is 10.8 Å². The van der Waals surface area contributed by atoms with E-state index in [0.717, 1.165) is 21.9 Å². The van der Waals surface area contributed by atoms with Gasteiger partial charge in [0.1, 0.15) is 23.0 Å². The molecule has 7 heteroatoms. The number of methoxy groups -OCH3 is 4. The largest absolute Gasteiger partial charge is 0.496 e. The van der Waals surface area contributed by atoms with Crippen molar-refractivity contribution in [2.45, 2.75) is 25.5 Å². The van der Waals surface area contributed by atoms with Crippen LogP contribution >= 0.6 is 23.4 Å². The summed E-state index contributed by atoms with van der Waals surface area (Å²) in [5.74, 6) is 2.49. The Morgan fingerprint density at radius 2 is 1.56 bits per heavy atom. The normalized spacial score (nSPS) is 11.6. The van der Waals surface area contributed by atoms with Gasteiger partial charge in [-0.2, -0.15) is 0 Å². The molecule has 0 saturated carbocycles. The molecule has 0 spiro atoms. The molecule has 0 aliphatic carbocycles. The van der Waals surface area contributed by atoms with Crippen LogP contribution in [0.2, 0.25) is 5.02 Å². The van der Waals surface area contributed by atoms with Crippen LogP contribution in [0.15, 0.2) is 54.1 Å². The lowest BCUT2D eigenvalue weighted by molar-refractivity contribution is 0.108. The molecule has 0 fully saturated rings. The highest BCUT2D eigenvalue weighted by Crippen LogP contribution is 2.51. The maximum Gasteiger partial charge on any atom is 0.220 e. The van der Waals surface area contributed by atoms with Gasteiger partial charge < -0.3 is 18.9 Å². The van der Waals surface area contributed by atoms with Gasteiger partial charge in [0.15, 0.2) is 0 Å². The summed E-state index contributed by atoms with van der Waals surface area (Å²) in [5.41, 5.74) is 2.54. The summed E-state index contributed by atoms with van der Waals surface area (Å²) < 4.78 is 23.0. The quantitative estimate of drug-likeness (QED) is 0.283. The van der Waals surface area contributed by atoms with Gasteiger partial charge in [-0.05, 0) is 50.6 Å². The lowest BCUT2D eigenvalue weighted by atomic mass is 9.98. The number of fused-ring (bicyclic) bond motifs is 1. The van der Waals surface area contributed by atoms with E-state index in [1.165, 1.54) is 11.8 Å². The minimum Gasteiger partial charge on any atom is -0.496 e. The Morgan fingerprint density at radius 1 is 0.912 bits per heavy atom. The average molecular weight is 501 g/mol. The SMILES string of the molecule is COc1ccc(OC)c2c(OC)c(C(CC=C(C)C)SC(=O)c3cccc(Cl)c3)cc(OC)c12. The summed E-state index contributed by atoms with van der Waals surface area (Å²) in [6, 6.07) is 12.6. The number of hydrogen-bond acceptors (Lipinski definition) is 6. The molecule has 0 aliphatic heterocycles. The molecule has 3 aromatic carbocycles. The first-order valence-electron chi connectivity index (χ1n) is 10.7. The fourth-order valence-electron chi connectivity index (χ4n) is 3.81. The van der Waals surface area contributed by atoms with Crippen LogP contribution < -0.4 is 18.9 Å². The molecule has 1 atom stereocenters. The molecule has 0 radical (unpaired) electrons. The number of halogens is 1. The topological polar surface area (TPSA) is 54.0 Å². The van der Waals surface area contributed by atoms with Crippen molar-refractivity contribution in [1.82, 2.24) is 0 Å². The van der Waals surface area contributed by atoms with Gasteiger partial charge in [-0.25, -0.2) is 0 Å². The zero-order valence-corrected chi connectivity index (χ0v) is 21.8. The summed E-state index contributed by atoms with van der Waals surface area (Å²) in [7, 11) is 6.44. The molecule has 0 heterocycles. The van der Waals surface area contributed by atoms with Crippen LogP contribution in [0.3, 0.4) is 0 Å². The number of rotatable bonds is 9. The molecule has 180 valence electrons. The third-order valence-corrected chi connectivity index (χ3v) is 6.83. The highest BCUT2D eigenvalue weighted by Gasteiger charge is 2.27. The smallest absolute Gasteiger partial charge is 0.220 e. The van der Waals surface area contributed by atoms with E-state index in [0.29, 0.717) is 40.0 Å². The van der Waals surface area contributed by atoms with Crippen molar-refractivity contribution in [3.8, 4) is 23.0 Å². The third-order valence-electron chi connectivity index (χ3n) is 5.41. The number of benzene rings is 3. The third kappa shape index (κ3) is 5.45. The van der Waals surface area contributed by atoms with Gasteiger partial charge in [-0.15, -0.1) is 0 Å². The first-order chi connectivity index (χ1) is 16.3. The molecule has 1 unspecified atom stereocenters. The van der Waals surface area contributed by atoms with Crippen LogP contribution in [0.4, 0.5) is 0 Å². The van der Waals surface area contributed by atoms with Crippen LogP contribution in [0, 0.1) is 0 Å². The highest BCUT2D eigenvalue weighted by molar-refractivity contribution is 8.14. The first-order valence-corrected chi connectivity index (χ1v) is 12.0. The van der Waals surface area contributed by atoms with Gasteiger partial charge in [0.05, 0.1) is 39.2 Å². The molecule has 0 amide bonds. The molecular weight excluding hydrogens is 472 g/mol. The van der Waals surface area contributed by atoms with E-state index in [-0.39, 0.29) is 10.4 Å². The van der Waals surface area contributed by atoms with E-state index in [9.17, 15) is 4.79 Å². The first kappa shape index (κ1) is 25.8. The minimum absolute atomic E-state index is 0.0756. The number of allylic oxidation sites excluding steroid dienone is 2. The van der Waals surface area contributed by atoms with E-state index < -0.39 is 0 Å². The molecule has 3 rings (SSSR count). The maximum atomic E-state index is 13.2. The molecule has 3 aromatic rings. The Hall–Kier alpha value is -2.83. The number of ether oxygens (including phenoxy) is 4. The fraction of sp³-hybridized carbons (Fsp3) is 0.296. The lowest BCUT2D eigenvalue weighted by Crippen LogP contribution is -2.05. The monoisotopic (exact) mass is 500 g/mol. The van der Waals surface area contributed by atoms with Crippen LogP contribution in [0.5, 0.6) is 23.0 Å². The molecule has 5 nitrogen and oxygen atoms in total. The molecule has 0 aromatic heterocycles. The minimum atomic E-state index is -0.245. The van der Waals surface area contributed by atoms with E-state index in [2.05, 4.69) is 6.08 Å². The molecule has 34 heavy (non-hydrogen) atoms. The van der Waals surface area contributed by atoms with E-state index in [4.69, 9.17) is 30.5 Å². The molecule has 0 saturated heterocycles. The zero-order chi connectivity index (χ0) is 24.8. The van der Waals surface area contributed by atoms with Crippen molar-refractivity contribution in [2.75, 3.05) is 28.4 Å². The van der Waals surface area contributed by atoms with Crippen LogP contribution in [-0.2, 0) is 0 Å². The van der Waals surface area contributed by atoms with Crippen LogP contribution in [0.1, 0.15) is 41.4 Å². The zero-order valence-electron chi connectivity index (χ0n) is 20.2.